The molecule has 0 saturated heterocycles. The molecular formula is C2H8N6Si2. The molecule has 0 amide bonds. The van der Waals surface area contributed by atoms with Gasteiger partial charge in [0.2, 0.25) is 7.91 Å². The van der Waals surface area contributed by atoms with Crippen LogP contribution >= 0.6 is 0 Å². The lowest BCUT2D eigenvalue weighted by molar-refractivity contribution is 1.48. The summed E-state index contributed by atoms with van der Waals surface area (Å²) in [4.78, 5) is 5.31. The summed E-state index contributed by atoms with van der Waals surface area (Å²) < 4.78 is 7.05. The van der Waals surface area contributed by atoms with Crippen LogP contribution in [0.25, 0.3) is 20.9 Å². The molecule has 10 heavy (non-hydrogen) atoms. The van der Waals surface area contributed by atoms with Gasteiger partial charge >= 0.3 is 0 Å². The lowest BCUT2D eigenvalue weighted by atomic mass is 11.9. The first-order valence-corrected chi connectivity index (χ1v) is 8.94. The van der Waals surface area contributed by atoms with Crippen molar-refractivity contribution in [2.75, 3.05) is 0 Å². The SMILES string of the molecule is C[SiH2][Si](C)(N=[N+]=[N-])N=[N+]=[N-]. The van der Waals surface area contributed by atoms with E-state index in [0.717, 1.165) is 0 Å². The van der Waals surface area contributed by atoms with Crippen molar-refractivity contribution < 1.29 is 0 Å². The van der Waals surface area contributed by atoms with Crippen LogP contribution < -0.4 is 0 Å². The van der Waals surface area contributed by atoms with Crippen molar-refractivity contribution in [2.45, 2.75) is 13.1 Å². The third-order valence-electron chi connectivity index (χ3n) is 1.19. The zero-order chi connectivity index (χ0) is 8.04. The van der Waals surface area contributed by atoms with Crippen LogP contribution in [0.3, 0.4) is 0 Å². The van der Waals surface area contributed by atoms with E-state index in [4.69, 9.17) is 11.1 Å². The molecule has 0 unspecified atom stereocenters. The van der Waals surface area contributed by atoms with E-state index in [1.165, 1.54) is 0 Å². The molecule has 0 saturated carbocycles. The Morgan fingerprint density at radius 1 is 1.30 bits per heavy atom. The molecule has 0 spiro atoms. The molecule has 0 radical (unpaired) electrons. The molecule has 54 valence electrons. The van der Waals surface area contributed by atoms with Crippen LogP contribution in [0.1, 0.15) is 0 Å². The highest BCUT2D eigenvalue weighted by atomic mass is 29.2. The van der Waals surface area contributed by atoms with Gasteiger partial charge in [0, 0.05) is 9.04 Å². The highest BCUT2D eigenvalue weighted by molar-refractivity contribution is 7.21. The standard InChI is InChI=1S/C2H8N6Si2/c1-9-10(2,7-5-3)8-6-4/h9H2,1-2H3. The predicted octanol–water partition coefficient (Wildman–Crippen LogP) is 1.39. The van der Waals surface area contributed by atoms with Gasteiger partial charge in [-0.3, -0.25) is 0 Å². The predicted molar refractivity (Wildman–Crippen MR) is 44.3 cm³/mol. The van der Waals surface area contributed by atoms with Crippen LogP contribution in [0.4, 0.5) is 0 Å². The van der Waals surface area contributed by atoms with E-state index in [2.05, 4.69) is 19.4 Å². The fourth-order valence-electron chi connectivity index (χ4n) is 0.354. The number of hydrogen-bond acceptors (Lipinski definition) is 2. The van der Waals surface area contributed by atoms with Crippen LogP contribution in [-0.2, 0) is 0 Å². The van der Waals surface area contributed by atoms with Gasteiger partial charge in [-0.25, -0.2) is 0 Å². The molecule has 0 rings (SSSR count). The summed E-state index contributed by atoms with van der Waals surface area (Å²) in [6.45, 7) is 3.76. The maximum atomic E-state index is 8.09. The lowest BCUT2D eigenvalue weighted by Gasteiger charge is -2.07. The first-order valence-electron chi connectivity index (χ1n) is 2.81. The van der Waals surface area contributed by atoms with Gasteiger partial charge in [0.1, 0.15) is 0 Å². The Kier molecular flexibility index (Phi) is 3.59. The number of nitrogens with zero attached hydrogens (tertiary/aromatic N) is 6. The summed E-state index contributed by atoms with van der Waals surface area (Å²) in [6, 6.07) is 0. The molecule has 0 aliphatic heterocycles. The largest absolute Gasteiger partial charge is 0.236 e. The average Bonchev–Trinajstić information content (AvgIpc) is 1.89. The molecule has 0 heterocycles. The van der Waals surface area contributed by atoms with Crippen LogP contribution in [0.15, 0.2) is 9.56 Å². The Bertz CT molecular complexity index is 182. The van der Waals surface area contributed by atoms with Gasteiger partial charge in [-0.05, 0) is 20.9 Å². The molecule has 0 N–H and O–H groups in total. The fourth-order valence-corrected chi connectivity index (χ4v) is 2.29. The monoisotopic (exact) mass is 172 g/mol. The molecule has 6 nitrogen and oxygen atoms in total. The Labute approximate surface area is 61.3 Å². The second-order valence-electron chi connectivity index (χ2n) is 1.95. The first kappa shape index (κ1) is 9.05. The third kappa shape index (κ3) is 2.56. The van der Waals surface area contributed by atoms with E-state index in [9.17, 15) is 0 Å². The molecule has 0 atom stereocenters. The minimum atomic E-state index is -2.17. The van der Waals surface area contributed by atoms with E-state index in [-0.39, 0.29) is 0 Å². The molecule has 0 aliphatic rings. The summed E-state index contributed by atoms with van der Waals surface area (Å²) >= 11 is 0. The zero-order valence-corrected chi connectivity index (χ0v) is 8.30. The van der Waals surface area contributed by atoms with Crippen LogP contribution in [0.2, 0.25) is 13.1 Å². The smallest absolute Gasteiger partial charge is 0.121 e. The van der Waals surface area contributed by atoms with Crippen molar-refractivity contribution in [1.29, 1.82) is 0 Å². The summed E-state index contributed by atoms with van der Waals surface area (Å²) in [6.07, 6.45) is 0. The van der Waals surface area contributed by atoms with Gasteiger partial charge in [-0.1, -0.05) is 13.1 Å². The van der Waals surface area contributed by atoms with E-state index in [1.54, 1.807) is 6.55 Å². The second kappa shape index (κ2) is 3.96. The second-order valence-corrected chi connectivity index (χ2v) is 11.6. The van der Waals surface area contributed by atoms with Gasteiger partial charge < -0.3 is 0 Å². The number of rotatable bonds is 3. The number of azide groups is 1. The summed E-state index contributed by atoms with van der Waals surface area (Å²) in [5.41, 5.74) is 16.2. The molecular weight excluding hydrogens is 164 g/mol. The molecule has 8 heteroatoms. The maximum absolute atomic E-state index is 8.09. The van der Waals surface area contributed by atoms with Crippen LogP contribution in [0, 0.1) is 0 Å². The Hall–Kier alpha value is -0.946. The van der Waals surface area contributed by atoms with Gasteiger partial charge in [0.25, 0.3) is 0 Å². The van der Waals surface area contributed by atoms with Gasteiger partial charge in [0.05, 0.1) is 0 Å². The normalized spacial score (nSPS) is 15.4. The molecule has 0 aromatic rings. The van der Waals surface area contributed by atoms with Crippen molar-refractivity contribution in [3.63, 3.8) is 0 Å². The maximum Gasteiger partial charge on any atom is 0.236 e. The lowest BCUT2D eigenvalue weighted by Crippen LogP contribution is -2.31. The highest BCUT2D eigenvalue weighted by Gasteiger charge is 2.21. The first-order chi connectivity index (χ1) is 4.68. The zero-order valence-electron chi connectivity index (χ0n) is 5.89. The minimum absolute atomic E-state index is 0.492. The topological polar surface area (TPSA) is 97.5 Å². The molecule has 0 bridgehead atoms. The van der Waals surface area contributed by atoms with Crippen molar-refractivity contribution in [2.24, 2.45) is 9.56 Å². The van der Waals surface area contributed by atoms with Crippen molar-refractivity contribution >= 4 is 17.0 Å². The van der Waals surface area contributed by atoms with Crippen molar-refractivity contribution in [3.05, 3.63) is 20.9 Å². The minimum Gasteiger partial charge on any atom is -0.121 e. The van der Waals surface area contributed by atoms with E-state index < -0.39 is 17.0 Å². The van der Waals surface area contributed by atoms with Gasteiger partial charge in [0.15, 0.2) is 0 Å². The van der Waals surface area contributed by atoms with Crippen molar-refractivity contribution in [3.8, 4) is 0 Å². The average molecular weight is 172 g/mol. The van der Waals surface area contributed by atoms with E-state index in [0.29, 0.717) is 0 Å². The van der Waals surface area contributed by atoms with Crippen LogP contribution in [-0.4, -0.2) is 17.0 Å². The molecule has 0 fully saturated rings. The fraction of sp³-hybridized carbons (Fsp3) is 1.00. The Morgan fingerprint density at radius 2 is 1.70 bits per heavy atom. The Balaban J connectivity index is 4.52. The highest BCUT2D eigenvalue weighted by Crippen LogP contribution is 2.04. The Morgan fingerprint density at radius 3 is 1.90 bits per heavy atom. The van der Waals surface area contributed by atoms with Crippen LogP contribution in [0.5, 0.6) is 0 Å². The van der Waals surface area contributed by atoms with E-state index >= 15 is 0 Å². The quantitative estimate of drug-likeness (QED) is 0.266. The molecule has 0 aliphatic carbocycles. The third-order valence-corrected chi connectivity index (χ3v) is 8.44. The number of hydrogen-bond donors (Lipinski definition) is 0. The van der Waals surface area contributed by atoms with E-state index in [1.807, 2.05) is 6.55 Å². The summed E-state index contributed by atoms with van der Waals surface area (Å²) in [5.74, 6) is 0. The van der Waals surface area contributed by atoms with Gasteiger partial charge in [-0.2, -0.15) is 0 Å². The summed E-state index contributed by atoms with van der Waals surface area (Å²) in [7, 11) is -2.66. The molecule has 0 aromatic carbocycles. The van der Waals surface area contributed by atoms with Gasteiger partial charge in [-0.15, -0.1) is 9.56 Å². The summed E-state index contributed by atoms with van der Waals surface area (Å²) in [5, 5.41) is 0. The molecule has 0 aromatic heterocycles. The van der Waals surface area contributed by atoms with Crippen molar-refractivity contribution in [1.82, 2.24) is 0 Å².